The van der Waals surface area contributed by atoms with Gasteiger partial charge in [0.25, 0.3) is 5.56 Å². The van der Waals surface area contributed by atoms with Crippen LogP contribution in [-0.4, -0.2) is 54.2 Å². The van der Waals surface area contributed by atoms with Gasteiger partial charge >= 0.3 is 0 Å². The monoisotopic (exact) mass is 340 g/mol. The topological polar surface area (TPSA) is 147 Å². The van der Waals surface area contributed by atoms with Crippen LogP contribution in [0.15, 0.2) is 11.0 Å². The first-order chi connectivity index (χ1) is 12.0. The van der Waals surface area contributed by atoms with Crippen molar-refractivity contribution in [2.75, 3.05) is 12.3 Å². The lowest BCUT2D eigenvalue weighted by Gasteiger charge is -2.26. The molecule has 0 radical (unpaired) electrons. The van der Waals surface area contributed by atoms with Crippen LogP contribution in [0, 0.1) is 17.7 Å². The second kappa shape index (κ2) is 5.57. The van der Waals surface area contributed by atoms with Crippen molar-refractivity contribution in [3.8, 4) is 11.8 Å². The molecule has 24 heavy (non-hydrogen) atoms. The molecule has 1 aliphatic rings. The average Bonchev–Trinajstić information content (AvgIpc) is 2.95. The van der Waals surface area contributed by atoms with Crippen LogP contribution in [0.5, 0.6) is 0 Å². The van der Waals surface area contributed by atoms with E-state index < -0.39 is 47.4 Å². The van der Waals surface area contributed by atoms with Crippen molar-refractivity contribution in [1.82, 2.24) is 14.5 Å². The highest BCUT2D eigenvalue weighted by molar-refractivity contribution is 5.77. The molecule has 0 spiro atoms. The summed E-state index contributed by atoms with van der Waals surface area (Å²) in [5.74, 6) is 3.32. The summed E-state index contributed by atoms with van der Waals surface area (Å²) in [7, 11) is 0. The van der Waals surface area contributed by atoms with Crippen LogP contribution in [0.1, 0.15) is 15.9 Å². The number of hydrogen-bond acceptors (Lipinski definition) is 7. The minimum absolute atomic E-state index is 0.309. The number of nitrogen functional groups attached to an aromatic ring is 1. The number of ether oxygens (including phenoxy) is 1. The molecule has 3 rings (SSSR count). The molecule has 4 atom stereocenters. The Kier molecular flexibility index (Phi) is 3.24. The lowest BCUT2D eigenvalue weighted by Crippen LogP contribution is -2.45. The number of aromatic amines is 1. The average molecular weight is 340 g/mol. The fraction of sp³-hybridized carbons (Fsp3) is 0.429. The van der Waals surface area contributed by atoms with Gasteiger partial charge in [0, 0.05) is 6.20 Å². The van der Waals surface area contributed by atoms with E-state index in [0.717, 1.165) is 10.8 Å². The Bertz CT molecular complexity index is 991. The van der Waals surface area contributed by atoms with Gasteiger partial charge in [0.05, 0.1) is 9.30 Å². The molecule has 1 saturated heterocycles. The molecule has 0 saturated carbocycles. The Hall–Kier alpha value is -2.45. The quantitative estimate of drug-likeness (QED) is 0.416. The van der Waals surface area contributed by atoms with Crippen molar-refractivity contribution in [2.45, 2.75) is 31.0 Å². The molecule has 1 aliphatic heterocycles. The highest BCUT2D eigenvalue weighted by Crippen LogP contribution is 2.39. The second-order valence-corrected chi connectivity index (χ2v) is 5.22. The molecular formula is C14H15FN4O5. The molecule has 128 valence electrons. The van der Waals surface area contributed by atoms with Gasteiger partial charge in [-0.1, -0.05) is 5.92 Å². The molecule has 2 aromatic heterocycles. The molecule has 2 aromatic rings. The van der Waals surface area contributed by atoms with Gasteiger partial charge in [-0.05, 0) is 6.92 Å². The Balaban J connectivity index is 2.26. The number of fused-ring (bicyclic) bond motifs is 1. The molecule has 0 aliphatic carbocycles. The summed E-state index contributed by atoms with van der Waals surface area (Å²) in [5.41, 5.74) is 1.86. The molecule has 6 N–H and O–H groups in total. The highest BCUT2D eigenvalue weighted by Gasteiger charge is 2.56. The first-order valence-electron chi connectivity index (χ1n) is 7.78. The van der Waals surface area contributed by atoms with Crippen LogP contribution >= 0.6 is 0 Å². The predicted octanol–water partition coefficient (Wildman–Crippen LogP) is -1.55. The van der Waals surface area contributed by atoms with E-state index in [-0.39, 0.29) is 11.6 Å². The first kappa shape index (κ1) is 13.9. The lowest BCUT2D eigenvalue weighted by atomic mass is 9.94. The Morgan fingerprint density at radius 3 is 3.04 bits per heavy atom. The number of nitrogens with two attached hydrogens (primary N) is 1. The SMILES string of the molecule is [2H]C([2H])(O)[C@H]1O[C@@H](n2cc(F)c3c(=O)[nH]c(N)nc32)C(O)(C#CC)[C@H]1O. The lowest BCUT2D eigenvalue weighted by molar-refractivity contribution is -0.0721. The third-order valence-corrected chi connectivity index (χ3v) is 3.75. The van der Waals surface area contributed by atoms with Gasteiger partial charge in [0.2, 0.25) is 5.95 Å². The fourth-order valence-corrected chi connectivity index (χ4v) is 2.72. The summed E-state index contributed by atoms with van der Waals surface area (Å²) in [6.07, 6.45) is -4.79. The van der Waals surface area contributed by atoms with Gasteiger partial charge in [-0.25, -0.2) is 4.39 Å². The van der Waals surface area contributed by atoms with Gasteiger partial charge in [-0.3, -0.25) is 14.3 Å². The van der Waals surface area contributed by atoms with Gasteiger partial charge in [-0.2, -0.15) is 4.98 Å². The zero-order valence-electron chi connectivity index (χ0n) is 14.3. The summed E-state index contributed by atoms with van der Waals surface area (Å²) in [6.45, 7) is -1.69. The third-order valence-electron chi connectivity index (χ3n) is 3.75. The second-order valence-electron chi connectivity index (χ2n) is 5.22. The number of halogens is 1. The summed E-state index contributed by atoms with van der Waals surface area (Å²) in [5, 5.41) is 30.2. The van der Waals surface area contributed by atoms with E-state index in [2.05, 4.69) is 21.8 Å². The van der Waals surface area contributed by atoms with E-state index in [9.17, 15) is 24.5 Å². The van der Waals surface area contributed by atoms with E-state index in [1.807, 2.05) is 0 Å². The molecule has 10 heteroatoms. The maximum Gasteiger partial charge on any atom is 0.264 e. The van der Waals surface area contributed by atoms with Gasteiger partial charge in [0.15, 0.2) is 23.3 Å². The van der Waals surface area contributed by atoms with Crippen molar-refractivity contribution in [1.29, 1.82) is 0 Å². The third kappa shape index (κ3) is 2.18. The van der Waals surface area contributed by atoms with Crippen LogP contribution in [0.25, 0.3) is 11.0 Å². The maximum atomic E-state index is 14.2. The molecule has 1 fully saturated rings. The zero-order chi connectivity index (χ0) is 19.4. The number of hydrogen-bond donors (Lipinski definition) is 5. The number of H-pyrrole nitrogens is 1. The molecular weight excluding hydrogens is 323 g/mol. The van der Waals surface area contributed by atoms with E-state index in [1.165, 1.54) is 6.92 Å². The number of aliphatic hydroxyl groups excluding tert-OH is 1. The molecule has 0 bridgehead atoms. The van der Waals surface area contributed by atoms with Gasteiger partial charge in [0.1, 0.15) is 17.6 Å². The summed E-state index contributed by atoms with van der Waals surface area (Å²) in [6, 6.07) is 0. The smallest absolute Gasteiger partial charge is 0.264 e. The van der Waals surface area contributed by atoms with E-state index in [4.69, 9.17) is 13.2 Å². The van der Waals surface area contributed by atoms with E-state index >= 15 is 0 Å². The van der Waals surface area contributed by atoms with Gasteiger partial charge < -0.3 is 25.8 Å². The van der Waals surface area contributed by atoms with Crippen molar-refractivity contribution in [2.24, 2.45) is 0 Å². The number of anilines is 1. The van der Waals surface area contributed by atoms with Gasteiger partial charge in [-0.15, -0.1) is 5.92 Å². The molecule has 1 unspecified atom stereocenters. The largest absolute Gasteiger partial charge is 0.394 e. The van der Waals surface area contributed by atoms with Crippen LogP contribution in [-0.2, 0) is 4.74 Å². The number of nitrogens with one attached hydrogen (secondary N) is 1. The normalized spacial score (nSPS) is 31.5. The minimum atomic E-state index is -3.04. The zero-order valence-corrected chi connectivity index (χ0v) is 12.3. The van der Waals surface area contributed by atoms with Crippen LogP contribution in [0.3, 0.4) is 0 Å². The minimum Gasteiger partial charge on any atom is -0.394 e. The number of aromatic nitrogens is 3. The van der Waals surface area contributed by atoms with E-state index in [1.54, 1.807) is 0 Å². The highest BCUT2D eigenvalue weighted by atomic mass is 19.1. The molecule has 0 aromatic carbocycles. The number of rotatable bonds is 2. The van der Waals surface area contributed by atoms with Crippen LogP contribution < -0.4 is 11.3 Å². The first-order valence-corrected chi connectivity index (χ1v) is 6.78. The van der Waals surface area contributed by atoms with Crippen molar-refractivity contribution in [3.05, 3.63) is 22.4 Å². The Labute approximate surface area is 137 Å². The summed E-state index contributed by atoms with van der Waals surface area (Å²) >= 11 is 0. The number of nitrogens with zero attached hydrogens (tertiary/aromatic N) is 2. The summed E-state index contributed by atoms with van der Waals surface area (Å²) in [4.78, 5) is 17.8. The Morgan fingerprint density at radius 2 is 2.42 bits per heavy atom. The standard InChI is InChI=1S/C14H15FN4O5/c1-2-3-14(23)9(21)7(5-20)24-12(14)19-4-6(15)8-10(19)17-13(16)18-11(8)22/h4,7,9,12,20-21,23H,5H2,1H3,(H3,16,17,18,22)/t7-,9+,12-,14?/m1/s1/i5D2. The van der Waals surface area contributed by atoms with Crippen LogP contribution in [0.2, 0.25) is 0 Å². The Morgan fingerprint density at radius 1 is 1.71 bits per heavy atom. The number of aliphatic hydroxyl groups is 3. The molecule has 0 amide bonds. The van der Waals surface area contributed by atoms with E-state index in [0.29, 0.717) is 0 Å². The van der Waals surface area contributed by atoms with Crippen LogP contribution in [0.4, 0.5) is 10.3 Å². The molecule has 3 heterocycles. The fourth-order valence-electron chi connectivity index (χ4n) is 2.72. The van der Waals surface area contributed by atoms with Crippen molar-refractivity contribution >= 4 is 17.0 Å². The summed E-state index contributed by atoms with van der Waals surface area (Å²) < 4.78 is 35.1. The van der Waals surface area contributed by atoms with Crippen molar-refractivity contribution < 1.29 is 27.2 Å². The van der Waals surface area contributed by atoms with Crippen molar-refractivity contribution in [3.63, 3.8) is 0 Å². The maximum absolute atomic E-state index is 14.2. The molecule has 9 nitrogen and oxygen atoms in total. The predicted molar refractivity (Wildman–Crippen MR) is 80.1 cm³/mol.